The minimum Gasteiger partial charge on any atom is -0.444 e. The summed E-state index contributed by atoms with van der Waals surface area (Å²) < 4.78 is 30.3. The molecule has 0 atom stereocenters. The summed E-state index contributed by atoms with van der Waals surface area (Å²) in [6, 6.07) is 0. The summed E-state index contributed by atoms with van der Waals surface area (Å²) >= 11 is 0. The molecule has 0 unspecified atom stereocenters. The lowest BCUT2D eigenvalue weighted by molar-refractivity contribution is 0.0527. The van der Waals surface area contributed by atoms with E-state index in [0.717, 1.165) is 0 Å². The van der Waals surface area contributed by atoms with Gasteiger partial charge in [0.25, 0.3) is 0 Å². The first-order valence-corrected chi connectivity index (χ1v) is 7.54. The minimum absolute atomic E-state index is 0.302. The van der Waals surface area contributed by atoms with E-state index in [4.69, 9.17) is 4.74 Å². The van der Waals surface area contributed by atoms with Crippen LogP contribution in [-0.4, -0.2) is 38.5 Å². The van der Waals surface area contributed by atoms with Crippen molar-refractivity contribution in [3.05, 3.63) is 0 Å². The molecule has 0 aromatic rings. The Hall–Kier alpha value is -0.820. The molecule has 108 valence electrons. The average Bonchev–Trinajstić information content (AvgIpc) is 2.13. The van der Waals surface area contributed by atoms with Gasteiger partial charge in [0.15, 0.2) is 0 Å². The van der Waals surface area contributed by atoms with E-state index >= 15 is 0 Å². The number of hydrogen-bond donors (Lipinski definition) is 2. The van der Waals surface area contributed by atoms with Crippen LogP contribution < -0.4 is 10.0 Å². The zero-order chi connectivity index (χ0) is 14.4. The topological polar surface area (TPSA) is 84.5 Å². The van der Waals surface area contributed by atoms with E-state index in [1.165, 1.54) is 0 Å². The Morgan fingerprint density at radius 3 is 2.22 bits per heavy atom. The summed E-state index contributed by atoms with van der Waals surface area (Å²) in [5, 5.41) is 2.11. The van der Waals surface area contributed by atoms with Gasteiger partial charge in [0, 0.05) is 13.1 Å². The fourth-order valence-corrected chi connectivity index (χ4v) is 1.74. The molecule has 0 radical (unpaired) electrons. The van der Waals surface area contributed by atoms with Crippen molar-refractivity contribution in [2.75, 3.05) is 13.1 Å². The number of alkyl carbamates (subject to hydrolysis) is 1. The Bertz CT molecular complexity index is 358. The van der Waals surface area contributed by atoms with Gasteiger partial charge < -0.3 is 10.1 Å². The van der Waals surface area contributed by atoms with E-state index in [1.807, 2.05) is 0 Å². The summed E-state index contributed by atoms with van der Waals surface area (Å²) in [6.07, 6.45) is 0.0276. The van der Waals surface area contributed by atoms with Gasteiger partial charge in [-0.15, -0.1) is 0 Å². The van der Waals surface area contributed by atoms with Crippen LogP contribution in [0.3, 0.4) is 0 Å². The molecule has 0 saturated heterocycles. The van der Waals surface area contributed by atoms with Crippen LogP contribution in [0, 0.1) is 0 Å². The first kappa shape index (κ1) is 17.2. The number of amides is 1. The zero-order valence-electron chi connectivity index (χ0n) is 11.7. The lowest BCUT2D eigenvalue weighted by atomic mass is 10.2. The summed E-state index contributed by atoms with van der Waals surface area (Å²) in [7, 11) is -3.22. The van der Waals surface area contributed by atoms with Crippen LogP contribution in [0.25, 0.3) is 0 Å². The van der Waals surface area contributed by atoms with Crippen molar-refractivity contribution in [2.45, 2.75) is 51.9 Å². The first-order chi connectivity index (χ1) is 8.04. The van der Waals surface area contributed by atoms with Crippen LogP contribution in [0.2, 0.25) is 0 Å². The number of hydrogen-bond acceptors (Lipinski definition) is 4. The smallest absolute Gasteiger partial charge is 0.407 e. The van der Waals surface area contributed by atoms with Crippen LogP contribution in [0.1, 0.15) is 41.0 Å². The van der Waals surface area contributed by atoms with Gasteiger partial charge >= 0.3 is 6.09 Å². The fraction of sp³-hybridized carbons (Fsp3) is 0.909. The maximum Gasteiger partial charge on any atom is 0.407 e. The van der Waals surface area contributed by atoms with Gasteiger partial charge in [-0.2, -0.15) is 0 Å². The van der Waals surface area contributed by atoms with Crippen molar-refractivity contribution >= 4 is 16.1 Å². The second kappa shape index (κ2) is 6.94. The van der Waals surface area contributed by atoms with E-state index in [0.29, 0.717) is 19.5 Å². The summed E-state index contributed by atoms with van der Waals surface area (Å²) in [5.41, 5.74) is -0.524. The highest BCUT2D eigenvalue weighted by atomic mass is 32.2. The van der Waals surface area contributed by atoms with E-state index in [9.17, 15) is 13.2 Å². The molecule has 0 spiro atoms. The van der Waals surface area contributed by atoms with Crippen molar-refractivity contribution in [3.63, 3.8) is 0 Å². The number of carbonyl (C=O) groups is 1. The normalized spacial score (nSPS) is 12.6. The Balaban J connectivity index is 3.73. The van der Waals surface area contributed by atoms with Gasteiger partial charge in [0.05, 0.1) is 5.25 Å². The van der Waals surface area contributed by atoms with Gasteiger partial charge in [-0.25, -0.2) is 17.9 Å². The van der Waals surface area contributed by atoms with Gasteiger partial charge in [0.2, 0.25) is 10.0 Å². The van der Waals surface area contributed by atoms with Crippen LogP contribution in [0.15, 0.2) is 0 Å². The second-order valence-electron chi connectivity index (χ2n) is 5.27. The highest BCUT2D eigenvalue weighted by Crippen LogP contribution is 2.06. The Morgan fingerprint density at radius 2 is 1.78 bits per heavy atom. The predicted molar refractivity (Wildman–Crippen MR) is 70.9 cm³/mol. The average molecular weight is 280 g/mol. The predicted octanol–water partition coefficient (Wildman–Crippen LogP) is 1.23. The van der Waals surface area contributed by atoms with Gasteiger partial charge in [-0.1, -0.05) is 0 Å². The highest BCUT2D eigenvalue weighted by molar-refractivity contribution is 7.90. The van der Waals surface area contributed by atoms with E-state index < -0.39 is 27.0 Å². The second-order valence-corrected chi connectivity index (χ2v) is 7.59. The maximum absolute atomic E-state index is 11.4. The molecule has 0 aromatic heterocycles. The molecule has 0 bridgehead atoms. The van der Waals surface area contributed by atoms with Crippen molar-refractivity contribution in [1.82, 2.24) is 10.0 Å². The molecular weight excluding hydrogens is 256 g/mol. The molecule has 0 rings (SSSR count). The largest absolute Gasteiger partial charge is 0.444 e. The highest BCUT2D eigenvalue weighted by Gasteiger charge is 2.16. The lowest BCUT2D eigenvalue weighted by Gasteiger charge is -2.19. The van der Waals surface area contributed by atoms with Crippen LogP contribution in [0.5, 0.6) is 0 Å². The molecule has 0 aromatic carbocycles. The monoisotopic (exact) mass is 280 g/mol. The molecule has 0 saturated carbocycles. The quantitative estimate of drug-likeness (QED) is 0.717. The summed E-state index contributed by atoms with van der Waals surface area (Å²) in [6.45, 7) is 9.24. The van der Waals surface area contributed by atoms with E-state index in [-0.39, 0.29) is 0 Å². The molecule has 0 aliphatic rings. The third-order valence-electron chi connectivity index (χ3n) is 1.95. The van der Waals surface area contributed by atoms with Crippen molar-refractivity contribution in [2.24, 2.45) is 0 Å². The lowest BCUT2D eigenvalue weighted by Crippen LogP contribution is -2.35. The Kier molecular flexibility index (Phi) is 6.62. The van der Waals surface area contributed by atoms with Crippen LogP contribution in [-0.2, 0) is 14.8 Å². The molecule has 18 heavy (non-hydrogen) atoms. The molecule has 0 fully saturated rings. The van der Waals surface area contributed by atoms with Gasteiger partial charge in [-0.3, -0.25) is 0 Å². The number of carbonyl (C=O) groups excluding carboxylic acids is 1. The van der Waals surface area contributed by atoms with Crippen molar-refractivity contribution in [3.8, 4) is 0 Å². The Morgan fingerprint density at radius 1 is 1.22 bits per heavy atom. The zero-order valence-corrected chi connectivity index (χ0v) is 12.6. The molecular formula is C11H24N2O4S. The van der Waals surface area contributed by atoms with Crippen LogP contribution >= 0.6 is 0 Å². The standard InChI is InChI=1S/C11H24N2O4S/c1-9(2)18(15,16)13-8-6-7-12-10(14)17-11(3,4)5/h9,13H,6-8H2,1-5H3,(H,12,14). The fourth-order valence-electron chi connectivity index (χ4n) is 0.974. The molecule has 0 aliphatic heterocycles. The Labute approximate surface area is 110 Å². The van der Waals surface area contributed by atoms with Crippen LogP contribution in [0.4, 0.5) is 4.79 Å². The molecule has 2 N–H and O–H groups in total. The maximum atomic E-state index is 11.4. The SMILES string of the molecule is CC(C)S(=O)(=O)NCCCNC(=O)OC(C)(C)C. The third kappa shape index (κ3) is 8.30. The van der Waals surface area contributed by atoms with Gasteiger partial charge in [-0.05, 0) is 41.0 Å². The van der Waals surface area contributed by atoms with Crippen molar-refractivity contribution in [1.29, 1.82) is 0 Å². The first-order valence-electron chi connectivity index (χ1n) is 6.00. The number of rotatable bonds is 6. The van der Waals surface area contributed by atoms with E-state index in [1.54, 1.807) is 34.6 Å². The molecule has 0 aliphatic carbocycles. The molecule has 1 amide bonds. The van der Waals surface area contributed by atoms with Crippen molar-refractivity contribution < 1.29 is 17.9 Å². The molecule has 6 nitrogen and oxygen atoms in total. The third-order valence-corrected chi connectivity index (χ3v) is 3.79. The number of ether oxygens (including phenoxy) is 1. The molecule has 7 heteroatoms. The van der Waals surface area contributed by atoms with E-state index in [2.05, 4.69) is 10.0 Å². The summed E-state index contributed by atoms with van der Waals surface area (Å²) in [5.74, 6) is 0. The number of nitrogens with one attached hydrogen (secondary N) is 2. The summed E-state index contributed by atoms with van der Waals surface area (Å²) in [4.78, 5) is 11.3. The minimum atomic E-state index is -3.22. The van der Waals surface area contributed by atoms with Gasteiger partial charge in [0.1, 0.15) is 5.60 Å². The number of sulfonamides is 1. The molecule has 0 heterocycles.